The first kappa shape index (κ1) is 23.1. The molecule has 2 fully saturated rings. The molecule has 0 radical (unpaired) electrons. The summed E-state index contributed by atoms with van der Waals surface area (Å²) in [6, 6.07) is 1.70. The predicted octanol–water partition coefficient (Wildman–Crippen LogP) is -0.668. The topological polar surface area (TPSA) is 178 Å². The lowest BCUT2D eigenvalue weighted by Crippen LogP contribution is -2.73. The van der Waals surface area contributed by atoms with Crippen molar-refractivity contribution in [3.8, 4) is 5.75 Å². The van der Waals surface area contributed by atoms with Gasteiger partial charge in [0, 0.05) is 23.1 Å². The summed E-state index contributed by atoms with van der Waals surface area (Å²) in [7, 11) is 3.16. The van der Waals surface area contributed by atoms with E-state index in [9.17, 15) is 39.6 Å². The van der Waals surface area contributed by atoms with Crippen molar-refractivity contribution >= 4 is 29.0 Å². The fraction of sp³-hybridized carbons (Fsp3) is 0.478. The van der Waals surface area contributed by atoms with Gasteiger partial charge in [-0.2, -0.15) is 0 Å². The number of phenols is 1. The molecule has 2 unspecified atom stereocenters. The van der Waals surface area contributed by atoms with Crippen molar-refractivity contribution in [2.45, 2.75) is 37.5 Å². The number of fused-ring (bicyclic) bond motifs is 3. The Morgan fingerprint density at radius 3 is 2.36 bits per heavy atom. The molecule has 33 heavy (non-hydrogen) atoms. The van der Waals surface area contributed by atoms with Gasteiger partial charge in [0.05, 0.1) is 11.7 Å². The molecule has 1 amide bonds. The molecule has 10 nitrogen and oxygen atoms in total. The van der Waals surface area contributed by atoms with E-state index in [1.54, 1.807) is 14.1 Å². The molecule has 3 aliphatic rings. The zero-order valence-corrected chi connectivity index (χ0v) is 18.4. The van der Waals surface area contributed by atoms with Crippen LogP contribution in [0.15, 0.2) is 17.7 Å². The van der Waals surface area contributed by atoms with Gasteiger partial charge in [0.25, 0.3) is 0 Å². The van der Waals surface area contributed by atoms with Gasteiger partial charge in [-0.05, 0) is 57.5 Å². The van der Waals surface area contributed by atoms with Crippen LogP contribution in [0.1, 0.15) is 34.8 Å². The number of aliphatic hydroxyl groups excluding tert-OH is 2. The first-order valence-corrected chi connectivity index (χ1v) is 10.6. The number of phenolic OH excluding ortho intramolecular Hbond substituents is 1. The molecule has 6 atom stereocenters. The van der Waals surface area contributed by atoms with Crippen LogP contribution in [-0.2, 0) is 20.8 Å². The highest BCUT2D eigenvalue weighted by Gasteiger charge is 2.67. The number of likely N-dealkylation sites (N-methyl/N-ethyl adjacent to an activating group) is 1. The number of ketones is 3. The zero-order valence-electron chi connectivity index (χ0n) is 18.4. The normalized spacial score (nSPS) is 33.5. The second-order valence-electron chi connectivity index (χ2n) is 9.33. The number of carbonyl (C=O) groups is 4. The predicted molar refractivity (Wildman–Crippen MR) is 114 cm³/mol. The third kappa shape index (κ3) is 2.98. The fourth-order valence-corrected chi connectivity index (χ4v) is 5.93. The lowest BCUT2D eigenvalue weighted by atomic mass is 9.54. The van der Waals surface area contributed by atoms with Crippen LogP contribution in [0.4, 0.5) is 0 Å². The van der Waals surface area contributed by atoms with Crippen molar-refractivity contribution in [3.63, 3.8) is 0 Å². The van der Waals surface area contributed by atoms with E-state index in [-0.39, 0.29) is 41.1 Å². The highest BCUT2D eigenvalue weighted by molar-refractivity contribution is 6.25. The molecule has 0 heterocycles. The molecule has 2 saturated carbocycles. The molecule has 4 rings (SSSR count). The maximum absolute atomic E-state index is 13.6. The van der Waals surface area contributed by atoms with Gasteiger partial charge in [0.1, 0.15) is 17.4 Å². The van der Waals surface area contributed by atoms with Crippen LogP contribution in [0.3, 0.4) is 0 Å². The van der Waals surface area contributed by atoms with Crippen LogP contribution in [0.2, 0.25) is 0 Å². The minimum atomic E-state index is -2.70. The Morgan fingerprint density at radius 2 is 1.82 bits per heavy atom. The van der Waals surface area contributed by atoms with Gasteiger partial charge in [-0.1, -0.05) is 0 Å². The highest BCUT2D eigenvalue weighted by Crippen LogP contribution is 2.52. The van der Waals surface area contributed by atoms with E-state index in [0.717, 1.165) is 0 Å². The second-order valence-corrected chi connectivity index (χ2v) is 9.33. The highest BCUT2D eigenvalue weighted by atomic mass is 16.3. The molecule has 176 valence electrons. The van der Waals surface area contributed by atoms with Crippen molar-refractivity contribution in [1.82, 2.24) is 4.90 Å². The molecule has 0 saturated heterocycles. The number of aromatic hydroxyl groups is 1. The van der Waals surface area contributed by atoms with Gasteiger partial charge in [-0.25, -0.2) is 0 Å². The Balaban J connectivity index is 1.95. The number of aliphatic hydroxyl groups is 3. The van der Waals surface area contributed by atoms with Gasteiger partial charge in [0.15, 0.2) is 17.2 Å². The average Bonchev–Trinajstić information content (AvgIpc) is 2.70. The molecule has 6 N–H and O–H groups in total. The largest absolute Gasteiger partial charge is 0.507 e. The average molecular weight is 458 g/mol. The molecular formula is C23H26N2O8. The van der Waals surface area contributed by atoms with Gasteiger partial charge in [-0.3, -0.25) is 19.2 Å². The van der Waals surface area contributed by atoms with E-state index < -0.39 is 58.7 Å². The Morgan fingerprint density at radius 1 is 1.18 bits per heavy atom. The van der Waals surface area contributed by atoms with Gasteiger partial charge < -0.3 is 31.1 Å². The van der Waals surface area contributed by atoms with E-state index in [2.05, 4.69) is 0 Å². The number of Topliss-reactive ketones (excluding diaryl/α,β-unsaturated/α-hetero) is 3. The van der Waals surface area contributed by atoms with Crippen LogP contribution in [-0.4, -0.2) is 80.4 Å². The minimum Gasteiger partial charge on any atom is -0.507 e. The first-order valence-electron chi connectivity index (χ1n) is 10.6. The third-order valence-corrected chi connectivity index (χ3v) is 7.35. The quantitative estimate of drug-likeness (QED) is 0.290. The van der Waals surface area contributed by atoms with Gasteiger partial charge in [-0.15, -0.1) is 0 Å². The lowest BCUT2D eigenvalue weighted by Gasteiger charge is -2.53. The Labute approximate surface area is 189 Å². The summed E-state index contributed by atoms with van der Waals surface area (Å²) in [5.74, 6) is -8.33. The Bertz CT molecular complexity index is 1140. The van der Waals surface area contributed by atoms with Crippen molar-refractivity contribution in [2.75, 3.05) is 14.1 Å². The monoisotopic (exact) mass is 458 g/mol. The molecule has 1 aromatic carbocycles. The van der Waals surface area contributed by atoms with Crippen molar-refractivity contribution in [1.29, 1.82) is 0 Å². The summed E-state index contributed by atoms with van der Waals surface area (Å²) >= 11 is 0. The number of hydrogen-bond acceptors (Lipinski definition) is 9. The second kappa shape index (κ2) is 7.47. The van der Waals surface area contributed by atoms with Crippen molar-refractivity contribution in [3.05, 3.63) is 34.4 Å². The molecular weight excluding hydrogens is 432 g/mol. The number of rotatable bonds is 3. The van der Waals surface area contributed by atoms with E-state index in [4.69, 9.17) is 5.73 Å². The van der Waals surface area contributed by atoms with Gasteiger partial charge in [0.2, 0.25) is 11.7 Å². The van der Waals surface area contributed by atoms with E-state index >= 15 is 0 Å². The lowest BCUT2D eigenvalue weighted by molar-refractivity contribution is -0.184. The Kier molecular flexibility index (Phi) is 5.23. The molecule has 0 spiro atoms. The number of carbonyl (C=O) groups excluding carboxylic acids is 4. The zero-order chi connectivity index (χ0) is 24.6. The fourth-order valence-electron chi connectivity index (χ4n) is 5.93. The summed E-state index contributed by atoms with van der Waals surface area (Å²) in [5, 5.41) is 43.7. The molecule has 1 aromatic rings. The summed E-state index contributed by atoms with van der Waals surface area (Å²) in [6.07, 6.45) is -1.44. The minimum absolute atomic E-state index is 0.00516. The van der Waals surface area contributed by atoms with Gasteiger partial charge >= 0.3 is 0 Å². The third-order valence-electron chi connectivity index (χ3n) is 7.35. The molecule has 10 heteroatoms. The van der Waals surface area contributed by atoms with E-state index in [0.29, 0.717) is 5.56 Å². The van der Waals surface area contributed by atoms with Crippen LogP contribution in [0.25, 0.3) is 5.76 Å². The number of nitrogens with two attached hydrogens (primary N) is 1. The Hall–Kier alpha value is -3.08. The molecule has 0 aliphatic heterocycles. The maximum Gasteiger partial charge on any atom is 0.230 e. The van der Waals surface area contributed by atoms with Crippen molar-refractivity contribution < 1.29 is 39.6 Å². The number of benzene rings is 1. The smallest absolute Gasteiger partial charge is 0.230 e. The molecule has 3 aliphatic carbocycles. The van der Waals surface area contributed by atoms with Crippen molar-refractivity contribution in [2.24, 2.45) is 23.5 Å². The number of hydrogen-bond donors (Lipinski definition) is 5. The first-order chi connectivity index (χ1) is 15.3. The van der Waals surface area contributed by atoms with Crippen LogP contribution in [0.5, 0.6) is 5.75 Å². The van der Waals surface area contributed by atoms with Crippen LogP contribution >= 0.6 is 0 Å². The van der Waals surface area contributed by atoms with E-state index in [1.807, 2.05) is 0 Å². The number of primary amides is 1. The van der Waals surface area contributed by atoms with E-state index in [1.165, 1.54) is 24.0 Å². The molecule has 0 aromatic heterocycles. The SMILES string of the molecule is CC(=O)c1ccc(O)c2c1C[C@@H]1C[C@@H]3[C@@H](N(C)C)C(O)C(C(N)=O)C(=O)[C@]3(O)C(=O)C1=C2O. The van der Waals surface area contributed by atoms with Crippen LogP contribution in [0, 0.1) is 17.8 Å². The number of amides is 1. The summed E-state index contributed by atoms with van der Waals surface area (Å²) in [6.45, 7) is 1.34. The summed E-state index contributed by atoms with van der Waals surface area (Å²) in [5.41, 5.74) is 2.94. The molecule has 0 bridgehead atoms. The number of nitrogens with zero attached hydrogens (tertiary/aromatic N) is 1. The van der Waals surface area contributed by atoms with Crippen LogP contribution < -0.4 is 5.73 Å². The summed E-state index contributed by atoms with van der Waals surface area (Å²) in [4.78, 5) is 52.5. The maximum atomic E-state index is 13.6. The summed E-state index contributed by atoms with van der Waals surface area (Å²) < 4.78 is 0. The standard InChI is InChI=1S/C23H26N2O8/c1-8(26)10-4-5-13(27)15-11(10)6-9-7-12-17(25(2)3)19(29)16(22(24)32)21(31)23(12,33)20(30)14(9)18(15)28/h4-5,9,12,16-17,19,27-29,33H,6-7H2,1-3H3,(H2,24,32)/t9-,12-,16?,17-,19?,23-/m1/s1.